The van der Waals surface area contributed by atoms with Crippen molar-refractivity contribution in [2.75, 3.05) is 0 Å². The third kappa shape index (κ3) is 3.86. The number of halogens is 2. The molecule has 3 nitrogen and oxygen atoms in total. The Morgan fingerprint density at radius 3 is 2.37 bits per heavy atom. The highest BCUT2D eigenvalue weighted by molar-refractivity contribution is 5.53. The number of hydrogen-bond acceptors (Lipinski definition) is 3. The van der Waals surface area contributed by atoms with Crippen LogP contribution < -0.4 is 5.32 Å². The van der Waals surface area contributed by atoms with Gasteiger partial charge in [-0.25, -0.2) is 13.8 Å². The number of oxazole rings is 1. The molecule has 1 N–H and O–H groups in total. The molecule has 0 aliphatic rings. The van der Waals surface area contributed by atoms with E-state index in [2.05, 4.69) is 10.3 Å². The van der Waals surface area contributed by atoms with Crippen molar-refractivity contribution in [1.29, 1.82) is 0 Å². The van der Waals surface area contributed by atoms with Gasteiger partial charge in [0.2, 0.25) is 5.89 Å². The Hall–Kier alpha value is -1.75. The van der Waals surface area contributed by atoms with Gasteiger partial charge in [-0.1, -0.05) is 0 Å². The summed E-state index contributed by atoms with van der Waals surface area (Å²) in [4.78, 5) is 4.20. The van der Waals surface area contributed by atoms with Gasteiger partial charge in [-0.2, -0.15) is 0 Å². The molecule has 0 aliphatic carbocycles. The molecule has 0 amide bonds. The van der Waals surface area contributed by atoms with E-state index in [0.29, 0.717) is 17.8 Å². The first-order valence-corrected chi connectivity index (χ1v) is 5.99. The molecule has 0 atom stereocenters. The highest BCUT2D eigenvalue weighted by Crippen LogP contribution is 2.21. The molecule has 0 unspecified atom stereocenters. The second kappa shape index (κ2) is 5.09. The summed E-state index contributed by atoms with van der Waals surface area (Å²) in [6.45, 7) is 6.65. The smallest absolute Gasteiger partial charge is 0.226 e. The van der Waals surface area contributed by atoms with Gasteiger partial charge in [0.1, 0.15) is 17.9 Å². The maximum atomic E-state index is 13.1. The molecule has 0 fully saturated rings. The number of nitrogens with one attached hydrogen (secondary N) is 1. The molecule has 0 saturated carbocycles. The molecule has 1 aromatic heterocycles. The van der Waals surface area contributed by atoms with Crippen LogP contribution in [0.2, 0.25) is 0 Å². The van der Waals surface area contributed by atoms with Gasteiger partial charge in [-0.3, -0.25) is 0 Å². The van der Waals surface area contributed by atoms with Gasteiger partial charge in [0.05, 0.1) is 5.69 Å². The predicted molar refractivity (Wildman–Crippen MR) is 68.4 cm³/mol. The topological polar surface area (TPSA) is 38.1 Å². The van der Waals surface area contributed by atoms with E-state index in [0.717, 1.165) is 6.07 Å². The van der Waals surface area contributed by atoms with Gasteiger partial charge < -0.3 is 9.73 Å². The zero-order chi connectivity index (χ0) is 14.0. The average molecular weight is 266 g/mol. The fraction of sp³-hybridized carbons (Fsp3) is 0.357. The van der Waals surface area contributed by atoms with E-state index in [4.69, 9.17) is 4.42 Å². The molecule has 1 aromatic carbocycles. The number of rotatable bonds is 3. The number of aromatic nitrogens is 1. The van der Waals surface area contributed by atoms with E-state index in [9.17, 15) is 8.78 Å². The zero-order valence-electron chi connectivity index (χ0n) is 11.1. The summed E-state index contributed by atoms with van der Waals surface area (Å²) in [7, 11) is 0. The van der Waals surface area contributed by atoms with E-state index in [1.54, 1.807) is 0 Å². The zero-order valence-corrected chi connectivity index (χ0v) is 11.1. The van der Waals surface area contributed by atoms with Crippen LogP contribution in [0.1, 0.15) is 26.5 Å². The number of hydrogen-bond donors (Lipinski definition) is 1. The second-order valence-electron chi connectivity index (χ2n) is 5.41. The highest BCUT2D eigenvalue weighted by atomic mass is 19.1. The van der Waals surface area contributed by atoms with Crippen LogP contribution >= 0.6 is 0 Å². The molecule has 2 rings (SSSR count). The number of nitrogens with zero attached hydrogens (tertiary/aromatic N) is 1. The molecule has 2 aromatic rings. The van der Waals surface area contributed by atoms with Gasteiger partial charge in [0, 0.05) is 23.7 Å². The molecule has 5 heteroatoms. The highest BCUT2D eigenvalue weighted by Gasteiger charge is 2.12. The fourth-order valence-corrected chi connectivity index (χ4v) is 1.55. The van der Waals surface area contributed by atoms with Crippen molar-refractivity contribution in [1.82, 2.24) is 10.3 Å². The van der Waals surface area contributed by atoms with Crippen LogP contribution in [0.4, 0.5) is 8.78 Å². The van der Waals surface area contributed by atoms with E-state index >= 15 is 0 Å². The molecule has 0 spiro atoms. The molecular formula is C14H16F2N2O. The largest absolute Gasteiger partial charge is 0.444 e. The minimum atomic E-state index is -0.650. The molecule has 19 heavy (non-hydrogen) atoms. The predicted octanol–water partition coefficient (Wildman–Crippen LogP) is 3.51. The Bertz CT molecular complexity index is 553. The quantitative estimate of drug-likeness (QED) is 0.923. The van der Waals surface area contributed by atoms with Crippen LogP contribution in [0.3, 0.4) is 0 Å². The fourth-order valence-electron chi connectivity index (χ4n) is 1.55. The Morgan fingerprint density at radius 1 is 1.16 bits per heavy atom. The SMILES string of the molecule is CC(C)(C)NCc1coc(-c2cc(F)cc(F)c2)n1. The third-order valence-electron chi connectivity index (χ3n) is 2.46. The van der Waals surface area contributed by atoms with Gasteiger partial charge in [0.25, 0.3) is 0 Å². The Labute approximate surface area is 110 Å². The number of benzene rings is 1. The molecule has 0 saturated heterocycles. The van der Waals surface area contributed by atoms with Crippen molar-refractivity contribution in [3.05, 3.63) is 41.8 Å². The lowest BCUT2D eigenvalue weighted by Crippen LogP contribution is -2.35. The maximum absolute atomic E-state index is 13.1. The first-order chi connectivity index (χ1) is 8.83. The van der Waals surface area contributed by atoms with E-state index in [1.165, 1.54) is 18.4 Å². The van der Waals surface area contributed by atoms with E-state index in [-0.39, 0.29) is 11.4 Å². The molecule has 0 bridgehead atoms. The lowest BCUT2D eigenvalue weighted by atomic mass is 10.1. The van der Waals surface area contributed by atoms with E-state index in [1.807, 2.05) is 20.8 Å². The van der Waals surface area contributed by atoms with Crippen molar-refractivity contribution in [3.8, 4) is 11.5 Å². The Balaban J connectivity index is 2.16. The van der Waals surface area contributed by atoms with Crippen molar-refractivity contribution >= 4 is 0 Å². The lowest BCUT2D eigenvalue weighted by molar-refractivity contribution is 0.421. The first kappa shape index (κ1) is 13.7. The Morgan fingerprint density at radius 2 is 1.79 bits per heavy atom. The molecular weight excluding hydrogens is 250 g/mol. The van der Waals surface area contributed by atoms with Crippen molar-refractivity contribution in [2.24, 2.45) is 0 Å². The van der Waals surface area contributed by atoms with E-state index < -0.39 is 11.6 Å². The normalized spacial score (nSPS) is 11.8. The van der Waals surface area contributed by atoms with Crippen LogP contribution in [0.5, 0.6) is 0 Å². The lowest BCUT2D eigenvalue weighted by Gasteiger charge is -2.19. The standard InChI is InChI=1S/C14H16F2N2O/c1-14(2,3)17-7-12-8-19-13(18-12)9-4-10(15)6-11(16)5-9/h4-6,8,17H,7H2,1-3H3. The minimum absolute atomic E-state index is 0.0376. The van der Waals surface area contributed by atoms with Gasteiger partial charge in [-0.05, 0) is 32.9 Å². The van der Waals surface area contributed by atoms with Gasteiger partial charge in [0.15, 0.2) is 0 Å². The van der Waals surface area contributed by atoms with Crippen molar-refractivity contribution < 1.29 is 13.2 Å². The monoisotopic (exact) mass is 266 g/mol. The maximum Gasteiger partial charge on any atom is 0.226 e. The first-order valence-electron chi connectivity index (χ1n) is 5.99. The van der Waals surface area contributed by atoms with Crippen molar-refractivity contribution in [2.45, 2.75) is 32.9 Å². The minimum Gasteiger partial charge on any atom is -0.444 e. The summed E-state index contributed by atoms with van der Waals surface area (Å²) in [6.07, 6.45) is 1.48. The van der Waals surface area contributed by atoms with Crippen molar-refractivity contribution in [3.63, 3.8) is 0 Å². The summed E-state index contributed by atoms with van der Waals surface area (Å²) in [6, 6.07) is 3.19. The Kier molecular flexibility index (Phi) is 3.66. The summed E-state index contributed by atoms with van der Waals surface area (Å²) in [5.41, 5.74) is 0.943. The third-order valence-corrected chi connectivity index (χ3v) is 2.46. The average Bonchev–Trinajstić information content (AvgIpc) is 2.72. The molecule has 0 radical (unpaired) electrons. The van der Waals surface area contributed by atoms with Crippen LogP contribution in [0.15, 0.2) is 28.9 Å². The van der Waals surface area contributed by atoms with Crippen LogP contribution in [-0.2, 0) is 6.54 Å². The summed E-state index contributed by atoms with van der Waals surface area (Å²) in [5.74, 6) is -1.09. The van der Waals surface area contributed by atoms with Crippen LogP contribution in [0.25, 0.3) is 11.5 Å². The van der Waals surface area contributed by atoms with Crippen LogP contribution in [0, 0.1) is 11.6 Å². The van der Waals surface area contributed by atoms with Gasteiger partial charge >= 0.3 is 0 Å². The summed E-state index contributed by atoms with van der Waals surface area (Å²) >= 11 is 0. The molecule has 102 valence electrons. The molecule has 1 heterocycles. The molecule has 0 aliphatic heterocycles. The summed E-state index contributed by atoms with van der Waals surface area (Å²) < 4.78 is 31.4. The summed E-state index contributed by atoms with van der Waals surface area (Å²) in [5, 5.41) is 3.26. The van der Waals surface area contributed by atoms with Crippen LogP contribution in [-0.4, -0.2) is 10.5 Å². The second-order valence-corrected chi connectivity index (χ2v) is 5.41. The van der Waals surface area contributed by atoms with Gasteiger partial charge in [-0.15, -0.1) is 0 Å².